The van der Waals surface area contributed by atoms with Gasteiger partial charge in [0, 0.05) is 0 Å². The molecule has 0 aromatic heterocycles. The molecule has 18 heavy (non-hydrogen) atoms. The van der Waals surface area contributed by atoms with Crippen molar-refractivity contribution in [3.8, 4) is 11.5 Å². The number of ether oxygens (including phenoxy) is 2. The molecule has 8 nitrogen and oxygen atoms in total. The number of nitro groups is 1. The van der Waals surface area contributed by atoms with Crippen LogP contribution in [0.5, 0.6) is 11.5 Å². The molecule has 0 saturated heterocycles. The van der Waals surface area contributed by atoms with Crippen LogP contribution in [0.1, 0.15) is 18.5 Å². The molecule has 0 bridgehead atoms. The third kappa shape index (κ3) is 1.99. The summed E-state index contributed by atoms with van der Waals surface area (Å²) in [6, 6.07) is 3.77. The Balaban J connectivity index is 2.30. The van der Waals surface area contributed by atoms with Crippen molar-refractivity contribution in [2.45, 2.75) is 13.0 Å². The van der Waals surface area contributed by atoms with Crippen LogP contribution in [0.3, 0.4) is 0 Å². The Hall–Kier alpha value is -2.51. The third-order valence-electron chi connectivity index (χ3n) is 2.62. The van der Waals surface area contributed by atoms with Crippen LogP contribution >= 0.6 is 0 Å². The smallest absolute Gasteiger partial charge is 0.461 e. The SMILES string of the molecule is CC(c1ccc2c(c1)OCO2)N(C(=O)O)[N+](=O)[O-]. The normalized spacial score (nSPS) is 14.1. The number of rotatable bonds is 3. The van der Waals surface area contributed by atoms with Gasteiger partial charge in [-0.05, 0) is 29.6 Å². The third-order valence-corrected chi connectivity index (χ3v) is 2.62. The fourth-order valence-corrected chi connectivity index (χ4v) is 1.69. The first kappa shape index (κ1) is 12.0. The van der Waals surface area contributed by atoms with Crippen molar-refractivity contribution in [3.05, 3.63) is 33.9 Å². The van der Waals surface area contributed by atoms with Gasteiger partial charge in [0.2, 0.25) is 6.79 Å². The average molecular weight is 254 g/mol. The highest BCUT2D eigenvalue weighted by atomic mass is 16.7. The summed E-state index contributed by atoms with van der Waals surface area (Å²) in [7, 11) is 0. The highest BCUT2D eigenvalue weighted by Crippen LogP contribution is 2.35. The van der Waals surface area contributed by atoms with Crippen LogP contribution in [0, 0.1) is 10.1 Å². The minimum absolute atomic E-state index is 0.0883. The maximum Gasteiger partial charge on any atom is 0.466 e. The standard InChI is InChI=1S/C10H10N2O6/c1-6(11(10(13)14)12(15)16)7-2-3-8-9(4-7)18-5-17-8/h2-4,6H,5H2,1H3,(H,13,14). The van der Waals surface area contributed by atoms with Gasteiger partial charge < -0.3 is 14.6 Å². The van der Waals surface area contributed by atoms with Gasteiger partial charge in [0.25, 0.3) is 0 Å². The van der Waals surface area contributed by atoms with E-state index in [-0.39, 0.29) is 11.8 Å². The van der Waals surface area contributed by atoms with E-state index < -0.39 is 17.2 Å². The van der Waals surface area contributed by atoms with Gasteiger partial charge >= 0.3 is 6.09 Å². The summed E-state index contributed by atoms with van der Waals surface area (Å²) in [6.45, 7) is 1.51. The Morgan fingerprint density at radius 1 is 1.50 bits per heavy atom. The number of nitrogens with zero attached hydrogens (tertiary/aromatic N) is 2. The summed E-state index contributed by atoms with van der Waals surface area (Å²) >= 11 is 0. The van der Waals surface area contributed by atoms with E-state index in [1.807, 2.05) is 0 Å². The van der Waals surface area contributed by atoms with Crippen molar-refractivity contribution < 1.29 is 24.4 Å². The van der Waals surface area contributed by atoms with Gasteiger partial charge in [-0.2, -0.15) is 0 Å². The molecule has 1 amide bonds. The first-order chi connectivity index (χ1) is 8.50. The number of benzene rings is 1. The predicted molar refractivity (Wildman–Crippen MR) is 57.8 cm³/mol. The average Bonchev–Trinajstić information content (AvgIpc) is 2.74. The summed E-state index contributed by atoms with van der Waals surface area (Å²) in [6.07, 6.45) is -1.62. The summed E-state index contributed by atoms with van der Waals surface area (Å²) in [5, 5.41) is 18.7. The Morgan fingerprint density at radius 2 is 2.17 bits per heavy atom. The lowest BCUT2D eigenvalue weighted by Gasteiger charge is -2.16. The van der Waals surface area contributed by atoms with Crippen LogP contribution in [0.25, 0.3) is 0 Å². The van der Waals surface area contributed by atoms with Crippen molar-refractivity contribution in [2.24, 2.45) is 0 Å². The molecule has 1 aliphatic rings. The van der Waals surface area contributed by atoms with Gasteiger partial charge in [-0.25, -0.2) is 14.9 Å². The van der Waals surface area contributed by atoms with E-state index in [4.69, 9.17) is 14.6 Å². The number of hydrogen-bond acceptors (Lipinski definition) is 5. The molecule has 0 aliphatic carbocycles. The molecular formula is C10H10N2O6. The monoisotopic (exact) mass is 254 g/mol. The van der Waals surface area contributed by atoms with Crippen molar-refractivity contribution in [2.75, 3.05) is 6.79 Å². The first-order valence-electron chi connectivity index (χ1n) is 5.06. The maximum absolute atomic E-state index is 10.8. The molecule has 1 aromatic rings. The summed E-state index contributed by atoms with van der Waals surface area (Å²) < 4.78 is 10.2. The number of amides is 1. The quantitative estimate of drug-likeness (QED) is 0.649. The lowest BCUT2D eigenvalue weighted by Crippen LogP contribution is -2.37. The molecule has 0 radical (unpaired) electrons. The van der Waals surface area contributed by atoms with E-state index in [2.05, 4.69) is 0 Å². The maximum atomic E-state index is 10.8. The second-order valence-electron chi connectivity index (χ2n) is 3.65. The van der Waals surface area contributed by atoms with Gasteiger partial charge in [0.1, 0.15) is 6.04 Å². The van der Waals surface area contributed by atoms with E-state index >= 15 is 0 Å². The molecule has 1 unspecified atom stereocenters. The van der Waals surface area contributed by atoms with Crippen molar-refractivity contribution in [3.63, 3.8) is 0 Å². The molecule has 1 aromatic carbocycles. The number of carboxylic acid groups (broad SMARTS) is 1. The molecule has 0 spiro atoms. The minimum Gasteiger partial charge on any atom is -0.461 e. The second kappa shape index (κ2) is 4.40. The molecule has 1 atom stereocenters. The van der Waals surface area contributed by atoms with E-state index in [0.29, 0.717) is 17.1 Å². The lowest BCUT2D eigenvalue weighted by atomic mass is 10.1. The molecule has 8 heteroatoms. The van der Waals surface area contributed by atoms with Crippen molar-refractivity contribution in [1.82, 2.24) is 5.01 Å². The van der Waals surface area contributed by atoms with E-state index in [0.717, 1.165) is 0 Å². The largest absolute Gasteiger partial charge is 0.466 e. The number of carbonyl (C=O) groups is 1. The Labute approximate surface area is 101 Å². The topological polar surface area (TPSA) is 102 Å². The minimum atomic E-state index is -1.62. The Morgan fingerprint density at radius 3 is 2.78 bits per heavy atom. The molecule has 1 heterocycles. The molecule has 0 saturated carbocycles. The van der Waals surface area contributed by atoms with Gasteiger partial charge in [0.05, 0.1) is 0 Å². The zero-order valence-electron chi connectivity index (χ0n) is 9.40. The molecular weight excluding hydrogens is 244 g/mol. The Bertz CT molecular complexity index is 489. The summed E-state index contributed by atoms with van der Waals surface area (Å²) in [5.41, 5.74) is 0.457. The van der Waals surface area contributed by atoms with E-state index in [9.17, 15) is 14.9 Å². The molecule has 2 rings (SSSR count). The highest BCUT2D eigenvalue weighted by molar-refractivity contribution is 5.64. The number of fused-ring (bicyclic) bond motifs is 1. The molecule has 0 fully saturated rings. The summed E-state index contributed by atoms with van der Waals surface area (Å²) in [5.74, 6) is 0.988. The highest BCUT2D eigenvalue weighted by Gasteiger charge is 2.32. The zero-order valence-corrected chi connectivity index (χ0v) is 9.40. The van der Waals surface area contributed by atoms with E-state index in [1.54, 1.807) is 12.1 Å². The van der Waals surface area contributed by atoms with Gasteiger partial charge in [-0.15, -0.1) is 0 Å². The van der Waals surface area contributed by atoms with Crippen LogP contribution in [-0.4, -0.2) is 28.0 Å². The molecule has 96 valence electrons. The first-order valence-corrected chi connectivity index (χ1v) is 5.06. The van der Waals surface area contributed by atoms with Crippen LogP contribution in [0.15, 0.2) is 18.2 Å². The summed E-state index contributed by atoms with van der Waals surface area (Å²) in [4.78, 5) is 21.5. The van der Waals surface area contributed by atoms with Crippen molar-refractivity contribution in [1.29, 1.82) is 0 Å². The Kier molecular flexibility index (Phi) is 2.92. The molecule has 1 N–H and O–H groups in total. The fraction of sp³-hybridized carbons (Fsp3) is 0.300. The van der Waals surface area contributed by atoms with Crippen LogP contribution < -0.4 is 9.47 Å². The van der Waals surface area contributed by atoms with Gasteiger partial charge in [0.15, 0.2) is 16.5 Å². The fourth-order valence-electron chi connectivity index (χ4n) is 1.69. The van der Waals surface area contributed by atoms with E-state index in [1.165, 1.54) is 13.0 Å². The predicted octanol–water partition coefficient (Wildman–Crippen LogP) is 1.65. The van der Waals surface area contributed by atoms with Gasteiger partial charge in [-0.3, -0.25) is 0 Å². The van der Waals surface area contributed by atoms with Crippen molar-refractivity contribution >= 4 is 6.09 Å². The number of hydrogen-bond donors (Lipinski definition) is 1. The second-order valence-corrected chi connectivity index (χ2v) is 3.65. The lowest BCUT2D eigenvalue weighted by molar-refractivity contribution is -0.644. The molecule has 1 aliphatic heterocycles. The van der Waals surface area contributed by atoms with Crippen LogP contribution in [0.4, 0.5) is 4.79 Å². The van der Waals surface area contributed by atoms with Gasteiger partial charge in [-0.1, -0.05) is 6.07 Å². The van der Waals surface area contributed by atoms with Crippen LogP contribution in [-0.2, 0) is 0 Å². The zero-order chi connectivity index (χ0) is 13.3. The number of hydrazine groups is 1. The van der Waals surface area contributed by atoms with Crippen LogP contribution in [0.2, 0.25) is 0 Å².